The van der Waals surface area contributed by atoms with Crippen LogP contribution in [0, 0.1) is 0 Å². The van der Waals surface area contributed by atoms with Crippen LogP contribution in [0.3, 0.4) is 0 Å². The number of hydrogen-bond donors (Lipinski definition) is 1. The average molecular weight is 449 g/mol. The van der Waals surface area contributed by atoms with Gasteiger partial charge in [0.15, 0.2) is 0 Å². The molecule has 1 aromatic carbocycles. The molecular formula is C20H25ClN6O2S. The van der Waals surface area contributed by atoms with E-state index in [1.807, 2.05) is 9.58 Å². The lowest BCUT2D eigenvalue weighted by Crippen LogP contribution is -2.36. The first kappa shape index (κ1) is 21.1. The molecule has 1 aliphatic carbocycles. The molecule has 2 aliphatic rings. The summed E-state index contributed by atoms with van der Waals surface area (Å²) < 4.78 is 1.83. The zero-order valence-electron chi connectivity index (χ0n) is 16.7. The fraction of sp³-hybridized carbons (Fsp3) is 0.550. The van der Waals surface area contributed by atoms with E-state index in [-0.39, 0.29) is 17.6 Å². The minimum atomic E-state index is -0.226. The maximum Gasteiger partial charge on any atom is 0.255 e. The standard InChI is InChI=1S/C20H25ClN6O2S/c21-14-8-9-16(19(29)26-10-4-1-5-11-26)17(12-14)22-18(28)13-30-20-23-24-25-27(20)15-6-2-3-7-15/h8-9,12,15H,1-7,10-11,13H2,(H,22,28). The Bertz CT molecular complexity index is 908. The van der Waals surface area contributed by atoms with Gasteiger partial charge in [-0.3, -0.25) is 9.59 Å². The second kappa shape index (κ2) is 9.78. The Morgan fingerprint density at radius 2 is 1.90 bits per heavy atom. The number of likely N-dealkylation sites (tertiary alicyclic amines) is 1. The lowest BCUT2D eigenvalue weighted by Gasteiger charge is -2.27. The number of hydrogen-bond acceptors (Lipinski definition) is 6. The number of nitrogens with zero attached hydrogens (tertiary/aromatic N) is 5. The summed E-state index contributed by atoms with van der Waals surface area (Å²) >= 11 is 7.43. The van der Waals surface area contributed by atoms with Crippen molar-refractivity contribution in [1.82, 2.24) is 25.1 Å². The Morgan fingerprint density at radius 3 is 2.67 bits per heavy atom. The van der Waals surface area contributed by atoms with Crippen LogP contribution in [-0.4, -0.2) is 55.8 Å². The molecule has 30 heavy (non-hydrogen) atoms. The number of anilines is 1. The Labute approximate surface area is 184 Å². The van der Waals surface area contributed by atoms with Crippen molar-refractivity contribution < 1.29 is 9.59 Å². The third-order valence-electron chi connectivity index (χ3n) is 5.59. The fourth-order valence-electron chi connectivity index (χ4n) is 4.05. The van der Waals surface area contributed by atoms with E-state index in [0.717, 1.165) is 45.2 Å². The van der Waals surface area contributed by atoms with Crippen LogP contribution in [0.1, 0.15) is 61.3 Å². The van der Waals surface area contributed by atoms with E-state index in [9.17, 15) is 9.59 Å². The van der Waals surface area contributed by atoms with Crippen LogP contribution in [0.15, 0.2) is 23.4 Å². The monoisotopic (exact) mass is 448 g/mol. The summed E-state index contributed by atoms with van der Waals surface area (Å²) in [6.45, 7) is 1.49. The van der Waals surface area contributed by atoms with Crippen LogP contribution in [0.5, 0.6) is 0 Å². The average Bonchev–Trinajstić information content (AvgIpc) is 3.44. The maximum atomic E-state index is 12.9. The highest BCUT2D eigenvalue weighted by atomic mass is 35.5. The summed E-state index contributed by atoms with van der Waals surface area (Å²) in [6, 6.07) is 5.30. The van der Waals surface area contributed by atoms with Crippen molar-refractivity contribution in [3.05, 3.63) is 28.8 Å². The zero-order chi connectivity index (χ0) is 20.9. The number of nitrogens with one attached hydrogen (secondary N) is 1. The summed E-state index contributed by atoms with van der Waals surface area (Å²) in [7, 11) is 0. The van der Waals surface area contributed by atoms with Gasteiger partial charge in [0.1, 0.15) is 0 Å². The van der Waals surface area contributed by atoms with Crippen LogP contribution in [0.4, 0.5) is 5.69 Å². The Kier molecular flexibility index (Phi) is 6.89. The van der Waals surface area contributed by atoms with Crippen LogP contribution < -0.4 is 5.32 Å². The van der Waals surface area contributed by atoms with Gasteiger partial charge in [0, 0.05) is 18.1 Å². The predicted octanol–water partition coefficient (Wildman–Crippen LogP) is 3.80. The highest BCUT2D eigenvalue weighted by Gasteiger charge is 2.24. The number of thioether (sulfide) groups is 1. The molecule has 1 aliphatic heterocycles. The van der Waals surface area contributed by atoms with E-state index in [2.05, 4.69) is 20.8 Å². The third kappa shape index (κ3) is 4.95. The number of rotatable bonds is 6. The molecule has 4 rings (SSSR count). The van der Waals surface area contributed by atoms with Crippen molar-refractivity contribution >= 4 is 40.9 Å². The lowest BCUT2D eigenvalue weighted by atomic mass is 10.1. The number of carbonyl (C=O) groups excluding carboxylic acids is 2. The number of amides is 2. The minimum Gasteiger partial charge on any atom is -0.339 e. The molecule has 10 heteroatoms. The fourth-order valence-corrected chi connectivity index (χ4v) is 4.97. The normalized spacial score (nSPS) is 17.3. The van der Waals surface area contributed by atoms with Crippen molar-refractivity contribution in [2.45, 2.75) is 56.1 Å². The molecule has 0 spiro atoms. The van der Waals surface area contributed by atoms with Crippen LogP contribution in [0.2, 0.25) is 5.02 Å². The molecule has 8 nitrogen and oxygen atoms in total. The minimum absolute atomic E-state index is 0.0699. The number of benzene rings is 1. The van der Waals surface area contributed by atoms with E-state index >= 15 is 0 Å². The molecule has 1 saturated heterocycles. The van der Waals surface area contributed by atoms with Gasteiger partial charge in [-0.25, -0.2) is 4.68 Å². The molecule has 2 heterocycles. The number of halogens is 1. The first-order valence-corrected chi connectivity index (χ1v) is 11.8. The summed E-state index contributed by atoms with van der Waals surface area (Å²) in [5, 5.41) is 15.9. The van der Waals surface area contributed by atoms with Gasteiger partial charge >= 0.3 is 0 Å². The maximum absolute atomic E-state index is 12.9. The van der Waals surface area contributed by atoms with Crippen molar-refractivity contribution in [2.75, 3.05) is 24.2 Å². The van der Waals surface area contributed by atoms with Crippen LogP contribution in [0.25, 0.3) is 0 Å². The zero-order valence-corrected chi connectivity index (χ0v) is 18.3. The Hall–Kier alpha value is -2.13. The number of aromatic nitrogens is 4. The van der Waals surface area contributed by atoms with Gasteiger partial charge in [-0.05, 0) is 60.7 Å². The van der Waals surface area contributed by atoms with E-state index in [4.69, 9.17) is 11.6 Å². The topological polar surface area (TPSA) is 93.0 Å². The summed E-state index contributed by atoms with van der Waals surface area (Å²) in [5.74, 6) is -0.146. The number of piperidine rings is 1. The first-order valence-electron chi connectivity index (χ1n) is 10.4. The van der Waals surface area contributed by atoms with E-state index in [1.54, 1.807) is 18.2 Å². The smallest absolute Gasteiger partial charge is 0.255 e. The molecule has 1 saturated carbocycles. The van der Waals surface area contributed by atoms with Gasteiger partial charge in [0.25, 0.3) is 5.91 Å². The van der Waals surface area contributed by atoms with Crippen molar-refractivity contribution in [1.29, 1.82) is 0 Å². The molecule has 0 bridgehead atoms. The van der Waals surface area contributed by atoms with Gasteiger partial charge in [-0.1, -0.05) is 36.2 Å². The number of carbonyl (C=O) groups is 2. The van der Waals surface area contributed by atoms with E-state index in [0.29, 0.717) is 27.5 Å². The molecule has 0 radical (unpaired) electrons. The highest BCUT2D eigenvalue weighted by molar-refractivity contribution is 7.99. The van der Waals surface area contributed by atoms with Crippen molar-refractivity contribution in [3.63, 3.8) is 0 Å². The van der Waals surface area contributed by atoms with Gasteiger partial charge in [-0.2, -0.15) is 0 Å². The Morgan fingerprint density at radius 1 is 1.13 bits per heavy atom. The largest absolute Gasteiger partial charge is 0.339 e. The van der Waals surface area contributed by atoms with Crippen LogP contribution >= 0.6 is 23.4 Å². The molecule has 0 unspecified atom stereocenters. The molecule has 160 valence electrons. The molecule has 1 N–H and O–H groups in total. The first-order chi connectivity index (χ1) is 14.6. The van der Waals surface area contributed by atoms with Gasteiger partial charge in [0.05, 0.1) is 23.0 Å². The van der Waals surface area contributed by atoms with Crippen molar-refractivity contribution in [3.8, 4) is 0 Å². The van der Waals surface area contributed by atoms with Gasteiger partial charge in [0.2, 0.25) is 11.1 Å². The third-order valence-corrected chi connectivity index (χ3v) is 6.76. The summed E-state index contributed by atoms with van der Waals surface area (Å²) in [5.41, 5.74) is 0.912. The molecule has 2 amide bonds. The van der Waals surface area contributed by atoms with E-state index in [1.165, 1.54) is 24.6 Å². The lowest BCUT2D eigenvalue weighted by molar-refractivity contribution is -0.113. The second-order valence-corrected chi connectivity index (χ2v) is 9.10. The predicted molar refractivity (Wildman–Crippen MR) is 116 cm³/mol. The Balaban J connectivity index is 1.41. The van der Waals surface area contributed by atoms with E-state index < -0.39 is 0 Å². The molecule has 1 aromatic heterocycles. The van der Waals surface area contributed by atoms with Gasteiger partial charge in [-0.15, -0.1) is 5.10 Å². The summed E-state index contributed by atoms with van der Waals surface area (Å²) in [4.78, 5) is 27.4. The quantitative estimate of drug-likeness (QED) is 0.675. The second-order valence-electron chi connectivity index (χ2n) is 7.72. The molecule has 2 aromatic rings. The molecular weight excluding hydrogens is 424 g/mol. The van der Waals surface area contributed by atoms with Gasteiger partial charge < -0.3 is 10.2 Å². The van der Waals surface area contributed by atoms with Crippen molar-refractivity contribution in [2.24, 2.45) is 0 Å². The molecule has 0 atom stereocenters. The number of tetrazole rings is 1. The summed E-state index contributed by atoms with van der Waals surface area (Å²) in [6.07, 6.45) is 7.65. The SMILES string of the molecule is O=C(CSc1nnnn1C1CCCC1)Nc1cc(Cl)ccc1C(=O)N1CCCCC1. The molecule has 2 fully saturated rings. The highest BCUT2D eigenvalue weighted by Crippen LogP contribution is 2.31. The van der Waals surface area contributed by atoms with Crippen LogP contribution in [-0.2, 0) is 4.79 Å².